The van der Waals surface area contributed by atoms with E-state index in [2.05, 4.69) is 0 Å². The minimum absolute atomic E-state index is 0.174. The SMILES string of the molecule is COc1cc(-c2ccc(OC3CCOC3)cc2)ccc1N. The Labute approximate surface area is 124 Å². The predicted octanol–water partition coefficient (Wildman–Crippen LogP) is 3.11. The second kappa shape index (κ2) is 6.06. The van der Waals surface area contributed by atoms with Crippen LogP contribution in [-0.2, 0) is 4.74 Å². The van der Waals surface area contributed by atoms with E-state index in [1.54, 1.807) is 7.11 Å². The van der Waals surface area contributed by atoms with Crippen LogP contribution in [0.3, 0.4) is 0 Å². The van der Waals surface area contributed by atoms with E-state index < -0.39 is 0 Å². The molecule has 1 fully saturated rings. The molecule has 1 heterocycles. The summed E-state index contributed by atoms with van der Waals surface area (Å²) >= 11 is 0. The third-order valence-corrected chi connectivity index (χ3v) is 3.61. The molecule has 4 nitrogen and oxygen atoms in total. The zero-order valence-corrected chi connectivity index (χ0v) is 12.0. The van der Waals surface area contributed by atoms with Crippen LogP contribution in [0.1, 0.15) is 6.42 Å². The lowest BCUT2D eigenvalue weighted by Crippen LogP contribution is -2.15. The Morgan fingerprint density at radius 2 is 1.86 bits per heavy atom. The quantitative estimate of drug-likeness (QED) is 0.877. The molecular formula is C17H19NO3. The highest BCUT2D eigenvalue weighted by Crippen LogP contribution is 2.30. The summed E-state index contributed by atoms with van der Waals surface area (Å²) in [7, 11) is 1.62. The third-order valence-electron chi connectivity index (χ3n) is 3.61. The average Bonchev–Trinajstić information content (AvgIpc) is 3.02. The van der Waals surface area contributed by atoms with Crippen molar-refractivity contribution in [3.63, 3.8) is 0 Å². The summed E-state index contributed by atoms with van der Waals surface area (Å²) in [6.07, 6.45) is 1.13. The monoisotopic (exact) mass is 285 g/mol. The lowest BCUT2D eigenvalue weighted by molar-refractivity contribution is 0.141. The Morgan fingerprint density at radius 3 is 2.52 bits per heavy atom. The first kappa shape index (κ1) is 13.8. The highest BCUT2D eigenvalue weighted by molar-refractivity contribution is 5.70. The second-order valence-corrected chi connectivity index (χ2v) is 5.08. The first-order valence-corrected chi connectivity index (χ1v) is 7.04. The van der Waals surface area contributed by atoms with Gasteiger partial charge in [-0.3, -0.25) is 0 Å². The lowest BCUT2D eigenvalue weighted by Gasteiger charge is -2.12. The van der Waals surface area contributed by atoms with Gasteiger partial charge in [0.1, 0.15) is 17.6 Å². The van der Waals surface area contributed by atoms with Crippen molar-refractivity contribution in [1.82, 2.24) is 0 Å². The minimum Gasteiger partial charge on any atom is -0.495 e. The van der Waals surface area contributed by atoms with Crippen LogP contribution in [0.25, 0.3) is 11.1 Å². The molecule has 2 N–H and O–H groups in total. The van der Waals surface area contributed by atoms with Gasteiger partial charge in [0, 0.05) is 6.42 Å². The Hall–Kier alpha value is -2.20. The molecule has 1 saturated heterocycles. The Morgan fingerprint density at radius 1 is 1.10 bits per heavy atom. The minimum atomic E-state index is 0.174. The van der Waals surface area contributed by atoms with E-state index in [1.807, 2.05) is 42.5 Å². The number of rotatable bonds is 4. The van der Waals surface area contributed by atoms with Crippen LogP contribution in [0.2, 0.25) is 0 Å². The summed E-state index contributed by atoms with van der Waals surface area (Å²) in [6.45, 7) is 1.46. The zero-order valence-electron chi connectivity index (χ0n) is 12.0. The van der Waals surface area contributed by atoms with E-state index in [4.69, 9.17) is 19.9 Å². The molecule has 1 aliphatic rings. The van der Waals surface area contributed by atoms with Gasteiger partial charge in [0.15, 0.2) is 0 Å². The van der Waals surface area contributed by atoms with E-state index in [-0.39, 0.29) is 6.10 Å². The number of nitrogens with two attached hydrogens (primary N) is 1. The molecule has 0 amide bonds. The predicted molar refractivity (Wildman–Crippen MR) is 82.7 cm³/mol. The number of ether oxygens (including phenoxy) is 3. The van der Waals surface area contributed by atoms with Gasteiger partial charge in [0.2, 0.25) is 0 Å². The molecule has 0 aromatic heterocycles. The average molecular weight is 285 g/mol. The van der Waals surface area contributed by atoms with Gasteiger partial charge < -0.3 is 19.9 Å². The fourth-order valence-corrected chi connectivity index (χ4v) is 2.41. The van der Waals surface area contributed by atoms with E-state index in [0.717, 1.165) is 29.9 Å². The summed E-state index contributed by atoms with van der Waals surface area (Å²) in [5, 5.41) is 0. The van der Waals surface area contributed by atoms with Gasteiger partial charge in [0.25, 0.3) is 0 Å². The van der Waals surface area contributed by atoms with Gasteiger partial charge in [0.05, 0.1) is 26.0 Å². The maximum absolute atomic E-state index is 5.86. The molecule has 0 bridgehead atoms. The Bertz CT molecular complexity index is 604. The standard InChI is InChI=1S/C17H19NO3/c1-19-17-10-13(4-7-16(17)18)12-2-5-14(6-3-12)21-15-8-9-20-11-15/h2-7,10,15H,8-9,11,18H2,1H3. The molecule has 1 atom stereocenters. The Kier molecular flexibility index (Phi) is 3.97. The van der Waals surface area contributed by atoms with Gasteiger partial charge >= 0.3 is 0 Å². The molecule has 4 heteroatoms. The molecule has 0 aliphatic carbocycles. The van der Waals surface area contributed by atoms with E-state index in [0.29, 0.717) is 18.0 Å². The largest absolute Gasteiger partial charge is 0.495 e. The molecule has 0 radical (unpaired) electrons. The van der Waals surface area contributed by atoms with Crippen LogP contribution < -0.4 is 15.2 Å². The second-order valence-electron chi connectivity index (χ2n) is 5.08. The molecule has 21 heavy (non-hydrogen) atoms. The van der Waals surface area contributed by atoms with Crippen molar-refractivity contribution in [2.24, 2.45) is 0 Å². The van der Waals surface area contributed by atoms with Crippen molar-refractivity contribution >= 4 is 5.69 Å². The summed E-state index contributed by atoms with van der Waals surface area (Å²) in [6, 6.07) is 13.8. The smallest absolute Gasteiger partial charge is 0.142 e. The number of nitrogen functional groups attached to an aromatic ring is 1. The fraction of sp³-hybridized carbons (Fsp3) is 0.294. The summed E-state index contributed by atoms with van der Waals surface area (Å²) in [4.78, 5) is 0. The maximum atomic E-state index is 5.86. The van der Waals surface area contributed by atoms with Crippen LogP contribution in [0.4, 0.5) is 5.69 Å². The summed E-state index contributed by atoms with van der Waals surface area (Å²) in [5.74, 6) is 1.56. The van der Waals surface area contributed by atoms with Crippen LogP contribution >= 0.6 is 0 Å². The van der Waals surface area contributed by atoms with E-state index >= 15 is 0 Å². The van der Waals surface area contributed by atoms with Crippen molar-refractivity contribution in [3.8, 4) is 22.6 Å². The van der Waals surface area contributed by atoms with Gasteiger partial charge in [-0.05, 0) is 35.4 Å². The fourth-order valence-electron chi connectivity index (χ4n) is 2.41. The van der Waals surface area contributed by atoms with Crippen LogP contribution in [0, 0.1) is 0 Å². The Balaban J connectivity index is 1.77. The highest BCUT2D eigenvalue weighted by Gasteiger charge is 2.16. The van der Waals surface area contributed by atoms with Gasteiger partial charge in [-0.25, -0.2) is 0 Å². The molecule has 0 saturated carbocycles. The summed E-state index contributed by atoms with van der Waals surface area (Å²) in [5.41, 5.74) is 8.64. The first-order valence-electron chi connectivity index (χ1n) is 7.04. The normalized spacial score (nSPS) is 17.7. The number of anilines is 1. The lowest BCUT2D eigenvalue weighted by atomic mass is 10.0. The third kappa shape index (κ3) is 3.11. The van der Waals surface area contributed by atoms with Crippen LogP contribution in [-0.4, -0.2) is 26.4 Å². The first-order chi connectivity index (χ1) is 10.3. The van der Waals surface area contributed by atoms with Crippen molar-refractivity contribution in [3.05, 3.63) is 42.5 Å². The number of hydrogen-bond acceptors (Lipinski definition) is 4. The number of methoxy groups -OCH3 is 1. The van der Waals surface area contributed by atoms with Gasteiger partial charge in [-0.15, -0.1) is 0 Å². The number of hydrogen-bond donors (Lipinski definition) is 1. The van der Waals surface area contributed by atoms with Gasteiger partial charge in [-0.2, -0.15) is 0 Å². The summed E-state index contributed by atoms with van der Waals surface area (Å²) < 4.78 is 16.4. The molecule has 0 spiro atoms. The highest BCUT2D eigenvalue weighted by atomic mass is 16.5. The molecular weight excluding hydrogens is 266 g/mol. The maximum Gasteiger partial charge on any atom is 0.142 e. The van der Waals surface area contributed by atoms with Crippen LogP contribution in [0.15, 0.2) is 42.5 Å². The molecule has 3 rings (SSSR count). The topological polar surface area (TPSA) is 53.7 Å². The van der Waals surface area contributed by atoms with Crippen molar-refractivity contribution < 1.29 is 14.2 Å². The molecule has 2 aromatic rings. The molecule has 1 aliphatic heterocycles. The van der Waals surface area contributed by atoms with E-state index in [1.165, 1.54) is 0 Å². The van der Waals surface area contributed by atoms with Gasteiger partial charge in [-0.1, -0.05) is 18.2 Å². The van der Waals surface area contributed by atoms with Crippen molar-refractivity contribution in [2.75, 3.05) is 26.1 Å². The zero-order chi connectivity index (χ0) is 14.7. The molecule has 1 unspecified atom stereocenters. The van der Waals surface area contributed by atoms with Crippen molar-refractivity contribution in [2.45, 2.75) is 12.5 Å². The van der Waals surface area contributed by atoms with E-state index in [9.17, 15) is 0 Å². The number of benzene rings is 2. The van der Waals surface area contributed by atoms with Crippen LogP contribution in [0.5, 0.6) is 11.5 Å². The van der Waals surface area contributed by atoms with Crippen molar-refractivity contribution in [1.29, 1.82) is 0 Å². The molecule has 110 valence electrons. The molecule has 2 aromatic carbocycles.